The highest BCUT2D eigenvalue weighted by molar-refractivity contribution is 4.46. The highest BCUT2D eigenvalue weighted by Crippen LogP contribution is 2.07. The van der Waals surface area contributed by atoms with Crippen molar-refractivity contribution >= 4 is 0 Å². The molecule has 0 amide bonds. The van der Waals surface area contributed by atoms with Gasteiger partial charge in [-0.05, 0) is 26.7 Å². The molecule has 0 saturated carbocycles. The molecule has 0 aliphatic heterocycles. The third-order valence-electron chi connectivity index (χ3n) is 1.46. The second-order valence-corrected chi connectivity index (χ2v) is 3.27. The van der Waals surface area contributed by atoms with Crippen LogP contribution in [0.4, 0.5) is 0 Å². The van der Waals surface area contributed by atoms with Crippen LogP contribution in [0.25, 0.3) is 0 Å². The fourth-order valence-corrected chi connectivity index (χ4v) is 0.979. The van der Waals surface area contributed by atoms with Crippen molar-refractivity contribution in [3.63, 3.8) is 0 Å². The minimum atomic E-state index is 0.00921. The second-order valence-electron chi connectivity index (χ2n) is 3.27. The van der Waals surface area contributed by atoms with Gasteiger partial charge in [0.1, 0.15) is 0 Å². The van der Waals surface area contributed by atoms with Crippen LogP contribution in [-0.4, -0.2) is 19.0 Å². The minimum absolute atomic E-state index is 0.00921. The van der Waals surface area contributed by atoms with Gasteiger partial charge in [-0.3, -0.25) is 0 Å². The lowest BCUT2D eigenvalue weighted by molar-refractivity contribution is -0.165. The van der Waals surface area contributed by atoms with Gasteiger partial charge in [0.2, 0.25) is 0 Å². The molecular formula is C10H22O2. The Bertz CT molecular complexity index is 91.8. The lowest BCUT2D eigenvalue weighted by Gasteiger charge is -2.19. The fraction of sp³-hybridized carbons (Fsp3) is 1.00. The average molecular weight is 174 g/mol. The second kappa shape index (κ2) is 7.56. The lowest BCUT2D eigenvalue weighted by Crippen LogP contribution is -2.21. The molecule has 2 heteroatoms. The van der Waals surface area contributed by atoms with Crippen molar-refractivity contribution in [1.82, 2.24) is 0 Å². The van der Waals surface area contributed by atoms with Crippen LogP contribution in [0.1, 0.15) is 47.0 Å². The molecule has 0 rings (SSSR count). The maximum absolute atomic E-state index is 5.57. The molecule has 0 aromatic rings. The Labute approximate surface area is 76.3 Å². The maximum Gasteiger partial charge on any atom is 0.157 e. The smallest absolute Gasteiger partial charge is 0.157 e. The number of hydrogen-bond acceptors (Lipinski definition) is 2. The molecule has 0 aromatic heterocycles. The molecule has 12 heavy (non-hydrogen) atoms. The SMILES string of the molecule is CCCOC(CCC)OC(C)C. The Morgan fingerprint density at radius 3 is 2.17 bits per heavy atom. The first kappa shape index (κ1) is 11.9. The molecule has 1 unspecified atom stereocenters. The van der Waals surface area contributed by atoms with Gasteiger partial charge >= 0.3 is 0 Å². The largest absolute Gasteiger partial charge is 0.353 e. The highest BCUT2D eigenvalue weighted by atomic mass is 16.7. The van der Waals surface area contributed by atoms with Gasteiger partial charge in [0.25, 0.3) is 0 Å². The third-order valence-corrected chi connectivity index (χ3v) is 1.46. The number of rotatable bonds is 7. The molecule has 0 spiro atoms. The van der Waals surface area contributed by atoms with E-state index in [1.54, 1.807) is 0 Å². The molecule has 0 heterocycles. The predicted octanol–water partition coefficient (Wildman–Crippen LogP) is 2.96. The normalized spacial score (nSPS) is 13.8. The topological polar surface area (TPSA) is 18.5 Å². The van der Waals surface area contributed by atoms with Crippen LogP contribution in [-0.2, 0) is 9.47 Å². The monoisotopic (exact) mass is 174 g/mol. The maximum atomic E-state index is 5.57. The minimum Gasteiger partial charge on any atom is -0.353 e. The molecule has 0 aliphatic rings. The van der Waals surface area contributed by atoms with Crippen molar-refractivity contribution in [1.29, 1.82) is 0 Å². The van der Waals surface area contributed by atoms with E-state index in [0.717, 1.165) is 25.9 Å². The molecule has 0 bridgehead atoms. The molecule has 0 aliphatic carbocycles. The Balaban J connectivity index is 3.54. The molecule has 2 nitrogen and oxygen atoms in total. The summed E-state index contributed by atoms with van der Waals surface area (Å²) in [5.41, 5.74) is 0. The molecule has 0 fully saturated rings. The van der Waals surface area contributed by atoms with Crippen LogP contribution in [0.2, 0.25) is 0 Å². The van der Waals surface area contributed by atoms with Crippen molar-refractivity contribution in [2.75, 3.05) is 6.61 Å². The van der Waals surface area contributed by atoms with Crippen molar-refractivity contribution in [2.24, 2.45) is 0 Å². The van der Waals surface area contributed by atoms with Crippen LogP contribution in [0.5, 0.6) is 0 Å². The first-order valence-electron chi connectivity index (χ1n) is 4.97. The van der Waals surface area contributed by atoms with Crippen molar-refractivity contribution in [3.8, 4) is 0 Å². The Kier molecular flexibility index (Phi) is 7.51. The van der Waals surface area contributed by atoms with Gasteiger partial charge < -0.3 is 9.47 Å². The summed E-state index contributed by atoms with van der Waals surface area (Å²) in [6.45, 7) is 9.14. The fourth-order valence-electron chi connectivity index (χ4n) is 0.979. The number of hydrogen-bond donors (Lipinski definition) is 0. The number of ether oxygens (including phenoxy) is 2. The van der Waals surface area contributed by atoms with E-state index in [1.807, 2.05) is 13.8 Å². The van der Waals surface area contributed by atoms with Gasteiger partial charge in [-0.1, -0.05) is 20.3 Å². The first-order valence-corrected chi connectivity index (χ1v) is 4.97. The predicted molar refractivity (Wildman–Crippen MR) is 51.2 cm³/mol. The molecule has 0 saturated heterocycles. The summed E-state index contributed by atoms with van der Waals surface area (Å²) in [4.78, 5) is 0. The van der Waals surface area contributed by atoms with E-state index >= 15 is 0 Å². The van der Waals surface area contributed by atoms with E-state index < -0.39 is 0 Å². The summed E-state index contributed by atoms with van der Waals surface area (Å²) >= 11 is 0. The van der Waals surface area contributed by atoms with Crippen molar-refractivity contribution in [3.05, 3.63) is 0 Å². The Hall–Kier alpha value is -0.0800. The van der Waals surface area contributed by atoms with Crippen LogP contribution < -0.4 is 0 Å². The quantitative estimate of drug-likeness (QED) is 0.552. The summed E-state index contributed by atoms with van der Waals surface area (Å²) in [6.07, 6.45) is 3.44. The van der Waals surface area contributed by atoms with Gasteiger partial charge in [-0.15, -0.1) is 0 Å². The standard InChI is InChI=1S/C10H22O2/c1-5-7-10(11-8-6-2)12-9(3)4/h9-10H,5-8H2,1-4H3. The van der Waals surface area contributed by atoms with Crippen molar-refractivity contribution < 1.29 is 9.47 Å². The summed E-state index contributed by atoms with van der Waals surface area (Å²) in [7, 11) is 0. The average Bonchev–Trinajstić information content (AvgIpc) is 2.00. The molecule has 74 valence electrons. The molecular weight excluding hydrogens is 152 g/mol. The van der Waals surface area contributed by atoms with E-state index in [4.69, 9.17) is 9.47 Å². The van der Waals surface area contributed by atoms with Gasteiger partial charge in [-0.2, -0.15) is 0 Å². The Morgan fingerprint density at radius 2 is 1.75 bits per heavy atom. The molecule has 0 N–H and O–H groups in total. The summed E-state index contributed by atoms with van der Waals surface area (Å²) in [6, 6.07) is 0. The van der Waals surface area contributed by atoms with E-state index in [-0.39, 0.29) is 12.4 Å². The molecule has 1 atom stereocenters. The highest BCUT2D eigenvalue weighted by Gasteiger charge is 2.08. The van der Waals surface area contributed by atoms with Gasteiger partial charge in [-0.25, -0.2) is 0 Å². The summed E-state index contributed by atoms with van der Waals surface area (Å²) in [5, 5.41) is 0. The van der Waals surface area contributed by atoms with E-state index in [1.165, 1.54) is 0 Å². The lowest BCUT2D eigenvalue weighted by atomic mass is 10.3. The molecule has 0 radical (unpaired) electrons. The summed E-state index contributed by atoms with van der Waals surface area (Å²) in [5.74, 6) is 0. The van der Waals surface area contributed by atoms with Crippen LogP contribution >= 0.6 is 0 Å². The third kappa shape index (κ3) is 6.62. The van der Waals surface area contributed by atoms with Crippen LogP contribution in [0, 0.1) is 0 Å². The molecule has 0 aromatic carbocycles. The van der Waals surface area contributed by atoms with E-state index in [2.05, 4.69) is 13.8 Å². The van der Waals surface area contributed by atoms with Crippen molar-refractivity contribution in [2.45, 2.75) is 59.4 Å². The van der Waals surface area contributed by atoms with E-state index in [0.29, 0.717) is 0 Å². The van der Waals surface area contributed by atoms with Gasteiger partial charge in [0.15, 0.2) is 6.29 Å². The van der Waals surface area contributed by atoms with Gasteiger partial charge in [0, 0.05) is 6.61 Å². The first-order chi connectivity index (χ1) is 5.70. The Morgan fingerprint density at radius 1 is 1.08 bits per heavy atom. The zero-order valence-electron chi connectivity index (χ0n) is 8.80. The zero-order valence-corrected chi connectivity index (χ0v) is 8.80. The zero-order chi connectivity index (χ0) is 9.40. The van der Waals surface area contributed by atoms with Crippen LogP contribution in [0.3, 0.4) is 0 Å². The van der Waals surface area contributed by atoms with Crippen LogP contribution in [0.15, 0.2) is 0 Å². The summed E-state index contributed by atoms with van der Waals surface area (Å²) < 4.78 is 11.1. The van der Waals surface area contributed by atoms with E-state index in [9.17, 15) is 0 Å². The van der Waals surface area contributed by atoms with Gasteiger partial charge in [0.05, 0.1) is 6.10 Å².